The van der Waals surface area contributed by atoms with E-state index in [-0.39, 0.29) is 36.6 Å². The molecule has 3 amide bonds. The molecule has 3 atom stereocenters. The number of carbonyl (C=O) groups is 2. The maximum atomic E-state index is 12.3. The molecule has 2 aliphatic rings. The van der Waals surface area contributed by atoms with Gasteiger partial charge in [0.15, 0.2) is 0 Å². The summed E-state index contributed by atoms with van der Waals surface area (Å²) in [5, 5.41) is 18.9. The van der Waals surface area contributed by atoms with Gasteiger partial charge in [-0.3, -0.25) is 4.79 Å². The molecule has 0 aromatic heterocycles. The number of amides is 3. The fourth-order valence-electron chi connectivity index (χ4n) is 4.10. The van der Waals surface area contributed by atoms with Crippen molar-refractivity contribution < 1.29 is 19.4 Å². The maximum Gasteiger partial charge on any atom is 0.319 e. The molecule has 3 rings (SSSR count). The predicted molar refractivity (Wildman–Crippen MR) is 112 cm³/mol. The van der Waals surface area contributed by atoms with Crippen LogP contribution in [0.4, 0.5) is 10.5 Å². The number of nitrogens with one attached hydrogen (secondary N) is 3. The average Bonchev–Trinajstić information content (AvgIpc) is 3.24. The van der Waals surface area contributed by atoms with E-state index in [4.69, 9.17) is 16.3 Å². The molecule has 0 radical (unpaired) electrons. The summed E-state index contributed by atoms with van der Waals surface area (Å²) in [6, 6.07) is 6.27. The molecule has 1 saturated carbocycles. The molecular formula is C21H30ClN3O4. The summed E-state index contributed by atoms with van der Waals surface area (Å²) in [6.07, 6.45) is 5.92. The molecule has 1 aromatic carbocycles. The number of anilines is 1. The van der Waals surface area contributed by atoms with Gasteiger partial charge in [0.1, 0.15) is 6.10 Å². The van der Waals surface area contributed by atoms with Crippen molar-refractivity contribution in [2.45, 2.75) is 63.2 Å². The Hall–Kier alpha value is -1.83. The van der Waals surface area contributed by atoms with E-state index in [2.05, 4.69) is 16.0 Å². The lowest BCUT2D eigenvalue weighted by molar-refractivity contribution is -0.125. The lowest BCUT2D eigenvalue weighted by atomic mass is 9.97. The van der Waals surface area contributed by atoms with Gasteiger partial charge in [0, 0.05) is 23.2 Å². The SMILES string of the molecule is O=C(Nc1cccc(Cl)c1)N[C@@H]1CC[C@@H](CCNC(=O)C2CCCC2)O[C@@H]1CO. The fourth-order valence-corrected chi connectivity index (χ4v) is 4.29. The van der Waals surface area contributed by atoms with Crippen LogP contribution in [0.25, 0.3) is 0 Å². The fraction of sp³-hybridized carbons (Fsp3) is 0.619. The van der Waals surface area contributed by atoms with E-state index in [1.165, 1.54) is 0 Å². The third-order valence-electron chi connectivity index (χ3n) is 5.69. The van der Waals surface area contributed by atoms with E-state index in [1.54, 1.807) is 24.3 Å². The van der Waals surface area contributed by atoms with Crippen molar-refractivity contribution in [1.29, 1.82) is 0 Å². The van der Waals surface area contributed by atoms with Gasteiger partial charge in [0.05, 0.1) is 18.8 Å². The molecule has 1 aliphatic carbocycles. The molecular weight excluding hydrogens is 394 g/mol. The van der Waals surface area contributed by atoms with Crippen LogP contribution in [0, 0.1) is 5.92 Å². The zero-order valence-electron chi connectivity index (χ0n) is 16.5. The second kappa shape index (κ2) is 10.8. The summed E-state index contributed by atoms with van der Waals surface area (Å²) in [4.78, 5) is 24.4. The molecule has 7 nitrogen and oxygen atoms in total. The molecule has 0 bridgehead atoms. The van der Waals surface area contributed by atoms with Crippen molar-refractivity contribution in [2.75, 3.05) is 18.5 Å². The first kappa shape index (κ1) is 21.9. The summed E-state index contributed by atoms with van der Waals surface area (Å²) in [7, 11) is 0. The monoisotopic (exact) mass is 423 g/mol. The number of benzene rings is 1. The molecule has 0 unspecified atom stereocenters. The van der Waals surface area contributed by atoms with Crippen LogP contribution >= 0.6 is 11.6 Å². The minimum atomic E-state index is -0.468. The zero-order valence-corrected chi connectivity index (χ0v) is 17.3. The number of hydrogen-bond acceptors (Lipinski definition) is 4. The number of hydrogen-bond donors (Lipinski definition) is 4. The van der Waals surface area contributed by atoms with Crippen molar-refractivity contribution in [1.82, 2.24) is 10.6 Å². The van der Waals surface area contributed by atoms with Crippen LogP contribution in [-0.4, -0.2) is 48.4 Å². The highest BCUT2D eigenvalue weighted by atomic mass is 35.5. The summed E-state index contributed by atoms with van der Waals surface area (Å²) in [6.45, 7) is 0.401. The third kappa shape index (κ3) is 6.59. The molecule has 29 heavy (non-hydrogen) atoms. The predicted octanol–water partition coefficient (Wildman–Crippen LogP) is 3.07. The molecule has 1 aliphatic heterocycles. The Labute approximate surface area is 176 Å². The maximum absolute atomic E-state index is 12.3. The van der Waals surface area contributed by atoms with Crippen LogP contribution in [0.1, 0.15) is 44.9 Å². The molecule has 4 N–H and O–H groups in total. The topological polar surface area (TPSA) is 99.7 Å². The number of aliphatic hydroxyl groups excluding tert-OH is 1. The Morgan fingerprint density at radius 3 is 2.69 bits per heavy atom. The highest BCUT2D eigenvalue weighted by Gasteiger charge is 2.32. The Morgan fingerprint density at radius 2 is 1.97 bits per heavy atom. The zero-order chi connectivity index (χ0) is 20.6. The number of ether oxygens (including phenoxy) is 1. The van der Waals surface area contributed by atoms with Crippen LogP contribution in [0.15, 0.2) is 24.3 Å². The lowest BCUT2D eigenvalue weighted by Gasteiger charge is -2.36. The van der Waals surface area contributed by atoms with Crippen LogP contribution in [0.2, 0.25) is 5.02 Å². The minimum Gasteiger partial charge on any atom is -0.394 e. The van der Waals surface area contributed by atoms with E-state index in [0.29, 0.717) is 30.1 Å². The first-order valence-corrected chi connectivity index (χ1v) is 10.8. The van der Waals surface area contributed by atoms with Crippen molar-refractivity contribution >= 4 is 29.2 Å². The van der Waals surface area contributed by atoms with Gasteiger partial charge in [0.2, 0.25) is 5.91 Å². The summed E-state index contributed by atoms with van der Waals surface area (Å²) >= 11 is 5.93. The number of aliphatic hydroxyl groups is 1. The normalized spacial score (nSPS) is 24.8. The van der Waals surface area contributed by atoms with Gasteiger partial charge >= 0.3 is 6.03 Å². The third-order valence-corrected chi connectivity index (χ3v) is 5.92. The second-order valence-electron chi connectivity index (χ2n) is 7.83. The van der Waals surface area contributed by atoms with Gasteiger partial charge < -0.3 is 25.8 Å². The van der Waals surface area contributed by atoms with Crippen LogP contribution in [0.5, 0.6) is 0 Å². The summed E-state index contributed by atoms with van der Waals surface area (Å²) in [5.41, 5.74) is 0.600. The van der Waals surface area contributed by atoms with Crippen LogP contribution in [-0.2, 0) is 9.53 Å². The van der Waals surface area contributed by atoms with E-state index >= 15 is 0 Å². The highest BCUT2D eigenvalue weighted by Crippen LogP contribution is 2.25. The summed E-state index contributed by atoms with van der Waals surface area (Å²) < 4.78 is 5.96. The quantitative estimate of drug-likeness (QED) is 0.541. The van der Waals surface area contributed by atoms with Crippen molar-refractivity contribution in [2.24, 2.45) is 5.92 Å². The van der Waals surface area contributed by atoms with E-state index in [9.17, 15) is 14.7 Å². The second-order valence-corrected chi connectivity index (χ2v) is 8.27. The van der Waals surface area contributed by atoms with E-state index in [0.717, 1.165) is 32.1 Å². The van der Waals surface area contributed by atoms with Gasteiger partial charge in [-0.15, -0.1) is 0 Å². The van der Waals surface area contributed by atoms with Crippen LogP contribution < -0.4 is 16.0 Å². The number of halogens is 1. The standard InChI is InChI=1S/C21H30ClN3O4/c22-15-6-3-7-16(12-15)24-21(28)25-18-9-8-17(29-19(18)13-26)10-11-23-20(27)14-4-1-2-5-14/h3,6-7,12,14,17-19,26H,1-2,4-5,8-11,13H2,(H,23,27)(H2,24,25,28)/t17-,18+,19+/m0/s1. The largest absolute Gasteiger partial charge is 0.394 e. The molecule has 1 heterocycles. The Kier molecular flexibility index (Phi) is 8.15. The van der Waals surface area contributed by atoms with E-state index in [1.807, 2.05) is 0 Å². The Morgan fingerprint density at radius 1 is 1.17 bits per heavy atom. The highest BCUT2D eigenvalue weighted by molar-refractivity contribution is 6.30. The lowest BCUT2D eigenvalue weighted by Crippen LogP contribution is -2.52. The number of carbonyl (C=O) groups excluding carboxylic acids is 2. The average molecular weight is 424 g/mol. The van der Waals surface area contributed by atoms with Crippen molar-refractivity contribution in [3.63, 3.8) is 0 Å². The molecule has 2 fully saturated rings. The summed E-state index contributed by atoms with van der Waals surface area (Å²) in [5.74, 6) is 0.313. The number of urea groups is 1. The first-order chi connectivity index (χ1) is 14.0. The molecule has 8 heteroatoms. The number of rotatable bonds is 7. The Balaban J connectivity index is 1.40. The smallest absolute Gasteiger partial charge is 0.319 e. The van der Waals surface area contributed by atoms with Gasteiger partial charge in [0.25, 0.3) is 0 Å². The minimum absolute atomic E-state index is 0.0370. The van der Waals surface area contributed by atoms with Gasteiger partial charge in [-0.2, -0.15) is 0 Å². The molecule has 1 aromatic rings. The van der Waals surface area contributed by atoms with Gasteiger partial charge in [-0.25, -0.2) is 4.79 Å². The van der Waals surface area contributed by atoms with E-state index < -0.39 is 6.10 Å². The van der Waals surface area contributed by atoms with Crippen LogP contribution in [0.3, 0.4) is 0 Å². The Bertz CT molecular complexity index is 696. The van der Waals surface area contributed by atoms with Gasteiger partial charge in [-0.05, 0) is 50.3 Å². The first-order valence-electron chi connectivity index (χ1n) is 10.4. The molecule has 0 spiro atoms. The molecule has 1 saturated heterocycles. The van der Waals surface area contributed by atoms with Gasteiger partial charge in [-0.1, -0.05) is 30.5 Å². The van der Waals surface area contributed by atoms with Crippen molar-refractivity contribution in [3.05, 3.63) is 29.3 Å². The van der Waals surface area contributed by atoms with Crippen molar-refractivity contribution in [3.8, 4) is 0 Å². The molecule has 160 valence electrons.